The number of amides is 3. The van der Waals surface area contributed by atoms with E-state index >= 15 is 0 Å². The van der Waals surface area contributed by atoms with Gasteiger partial charge in [0, 0.05) is 10.6 Å². The van der Waals surface area contributed by atoms with Gasteiger partial charge in [0.05, 0.1) is 0 Å². The van der Waals surface area contributed by atoms with Crippen LogP contribution in [0.2, 0.25) is 5.02 Å². The number of benzene rings is 2. The third kappa shape index (κ3) is 3.70. The first kappa shape index (κ1) is 15.1. The average Bonchev–Trinajstić information content (AvgIpc) is 2.85. The molecule has 2 aromatic rings. The minimum absolute atomic E-state index is 0.222. The number of urea groups is 1. The molecule has 1 saturated heterocycles. The van der Waals surface area contributed by atoms with Gasteiger partial charge in [-0.2, -0.15) is 0 Å². The second-order valence-corrected chi connectivity index (χ2v) is 5.32. The van der Waals surface area contributed by atoms with Gasteiger partial charge in [0.25, 0.3) is 5.91 Å². The van der Waals surface area contributed by atoms with Crippen LogP contribution in [0.3, 0.4) is 0 Å². The van der Waals surface area contributed by atoms with E-state index in [1.54, 1.807) is 30.3 Å². The van der Waals surface area contributed by atoms with Crippen LogP contribution in [0.1, 0.15) is 11.1 Å². The maximum Gasteiger partial charge on any atom is 0.326 e. The second-order valence-electron chi connectivity index (χ2n) is 4.92. The number of ether oxygens (including phenoxy) is 1. The fraction of sp³-hybridized carbons (Fsp3) is 0.0588. The molecule has 0 aliphatic carbocycles. The lowest BCUT2D eigenvalue weighted by atomic mass is 10.2. The number of rotatable bonds is 4. The lowest BCUT2D eigenvalue weighted by molar-refractivity contribution is -0.115. The molecule has 0 saturated carbocycles. The van der Waals surface area contributed by atoms with Crippen LogP contribution < -0.4 is 15.4 Å². The smallest absolute Gasteiger partial charge is 0.326 e. The Bertz CT molecular complexity index is 785. The Kier molecular flexibility index (Phi) is 4.30. The third-order valence-corrected chi connectivity index (χ3v) is 3.63. The number of hydrogen-bond donors (Lipinski definition) is 2. The van der Waals surface area contributed by atoms with E-state index in [4.69, 9.17) is 16.3 Å². The molecule has 2 N–H and O–H groups in total. The zero-order valence-electron chi connectivity index (χ0n) is 12.0. The van der Waals surface area contributed by atoms with Crippen LogP contribution in [-0.2, 0) is 11.4 Å². The fourth-order valence-electron chi connectivity index (χ4n) is 2.09. The fourth-order valence-corrected chi connectivity index (χ4v) is 2.28. The summed E-state index contributed by atoms with van der Waals surface area (Å²) < 4.78 is 5.68. The monoisotopic (exact) mass is 328 g/mol. The zero-order chi connectivity index (χ0) is 16.2. The van der Waals surface area contributed by atoms with Crippen molar-refractivity contribution in [3.05, 3.63) is 70.4 Å². The molecule has 3 amide bonds. The van der Waals surface area contributed by atoms with Gasteiger partial charge in [-0.3, -0.25) is 10.1 Å². The van der Waals surface area contributed by atoms with E-state index in [-0.39, 0.29) is 5.70 Å². The van der Waals surface area contributed by atoms with Crippen LogP contribution in [0.25, 0.3) is 6.08 Å². The lowest BCUT2D eigenvalue weighted by Gasteiger charge is -2.08. The summed E-state index contributed by atoms with van der Waals surface area (Å²) in [5.74, 6) is 0.251. The number of nitrogens with one attached hydrogen (secondary N) is 2. The van der Waals surface area contributed by atoms with Crippen LogP contribution in [0.5, 0.6) is 5.75 Å². The maximum absolute atomic E-state index is 11.4. The topological polar surface area (TPSA) is 67.4 Å². The molecule has 1 aliphatic rings. The summed E-state index contributed by atoms with van der Waals surface area (Å²) in [4.78, 5) is 22.5. The van der Waals surface area contributed by atoms with Crippen molar-refractivity contribution in [2.75, 3.05) is 0 Å². The molecule has 0 aromatic heterocycles. The summed E-state index contributed by atoms with van der Waals surface area (Å²) in [5, 5.41) is 5.25. The van der Waals surface area contributed by atoms with Gasteiger partial charge in [-0.05, 0) is 29.8 Å². The van der Waals surface area contributed by atoms with Crippen molar-refractivity contribution in [3.8, 4) is 5.75 Å². The highest BCUT2D eigenvalue weighted by Gasteiger charge is 2.22. The minimum Gasteiger partial charge on any atom is -0.489 e. The summed E-state index contributed by atoms with van der Waals surface area (Å²) in [5.41, 5.74) is 1.91. The van der Waals surface area contributed by atoms with Crippen LogP contribution in [0.15, 0.2) is 54.2 Å². The van der Waals surface area contributed by atoms with E-state index < -0.39 is 11.9 Å². The quantitative estimate of drug-likeness (QED) is 0.669. The molecule has 116 valence electrons. The van der Waals surface area contributed by atoms with Crippen molar-refractivity contribution >= 4 is 29.6 Å². The molecule has 1 aliphatic heterocycles. The highest BCUT2D eigenvalue weighted by molar-refractivity contribution is 6.31. The normalized spacial score (nSPS) is 15.4. The van der Waals surface area contributed by atoms with Gasteiger partial charge >= 0.3 is 6.03 Å². The summed E-state index contributed by atoms with van der Waals surface area (Å²) in [7, 11) is 0. The van der Waals surface area contributed by atoms with Crippen LogP contribution >= 0.6 is 11.6 Å². The highest BCUT2D eigenvalue weighted by Crippen LogP contribution is 2.19. The van der Waals surface area contributed by atoms with E-state index in [1.165, 1.54) is 0 Å². The Morgan fingerprint density at radius 2 is 1.74 bits per heavy atom. The molecule has 3 rings (SSSR count). The van der Waals surface area contributed by atoms with Gasteiger partial charge in [0.1, 0.15) is 18.1 Å². The van der Waals surface area contributed by atoms with Crippen molar-refractivity contribution in [1.29, 1.82) is 0 Å². The predicted molar refractivity (Wildman–Crippen MR) is 86.9 cm³/mol. The first-order valence-corrected chi connectivity index (χ1v) is 7.30. The van der Waals surface area contributed by atoms with Crippen molar-refractivity contribution in [3.63, 3.8) is 0 Å². The molecule has 1 fully saturated rings. The minimum atomic E-state index is -0.513. The average molecular weight is 329 g/mol. The summed E-state index contributed by atoms with van der Waals surface area (Å²) >= 11 is 6.08. The third-order valence-electron chi connectivity index (χ3n) is 3.26. The predicted octanol–water partition coefficient (Wildman–Crippen LogP) is 3.10. The largest absolute Gasteiger partial charge is 0.489 e. The number of carbonyl (C=O) groups excluding carboxylic acids is 2. The standard InChI is InChI=1S/C17H13ClN2O3/c18-14-4-2-1-3-12(14)10-23-13-7-5-11(6-8-13)9-15-16(21)20-17(22)19-15/h1-9H,10H2,(H2,19,20,21,22). The summed E-state index contributed by atoms with van der Waals surface area (Å²) in [6.07, 6.45) is 1.60. The molecule has 0 radical (unpaired) electrons. The second kappa shape index (κ2) is 6.54. The molecule has 23 heavy (non-hydrogen) atoms. The zero-order valence-corrected chi connectivity index (χ0v) is 12.8. The summed E-state index contributed by atoms with van der Waals surface area (Å²) in [6, 6.07) is 14.2. The van der Waals surface area contributed by atoms with E-state index in [0.29, 0.717) is 17.4 Å². The first-order chi connectivity index (χ1) is 11.1. The van der Waals surface area contributed by atoms with Crippen molar-refractivity contribution in [1.82, 2.24) is 10.6 Å². The Balaban J connectivity index is 1.66. The Morgan fingerprint density at radius 3 is 2.39 bits per heavy atom. The Hall–Kier alpha value is -2.79. The number of hydrogen-bond acceptors (Lipinski definition) is 3. The highest BCUT2D eigenvalue weighted by atomic mass is 35.5. The molecular formula is C17H13ClN2O3. The molecule has 0 spiro atoms. The van der Waals surface area contributed by atoms with E-state index in [9.17, 15) is 9.59 Å². The molecule has 0 atom stereocenters. The van der Waals surface area contributed by atoms with Crippen LogP contribution in [-0.4, -0.2) is 11.9 Å². The van der Waals surface area contributed by atoms with Crippen LogP contribution in [0.4, 0.5) is 4.79 Å². The van der Waals surface area contributed by atoms with Crippen LogP contribution in [0, 0.1) is 0 Å². The maximum atomic E-state index is 11.4. The molecular weight excluding hydrogens is 316 g/mol. The molecule has 6 heteroatoms. The molecule has 5 nitrogen and oxygen atoms in total. The molecule has 0 unspecified atom stereocenters. The van der Waals surface area contributed by atoms with E-state index in [1.807, 2.05) is 24.3 Å². The molecule has 0 bridgehead atoms. The Labute approximate surface area is 137 Å². The van der Waals surface area contributed by atoms with Gasteiger partial charge in [0.2, 0.25) is 0 Å². The SMILES string of the molecule is O=C1NC(=O)C(=Cc2ccc(OCc3ccccc3Cl)cc2)N1. The van der Waals surface area contributed by atoms with E-state index in [2.05, 4.69) is 10.6 Å². The molecule has 1 heterocycles. The Morgan fingerprint density at radius 1 is 1.00 bits per heavy atom. The number of carbonyl (C=O) groups is 2. The van der Waals surface area contributed by atoms with Gasteiger partial charge in [-0.1, -0.05) is 41.9 Å². The van der Waals surface area contributed by atoms with Gasteiger partial charge in [-0.15, -0.1) is 0 Å². The summed E-state index contributed by atoms with van der Waals surface area (Å²) in [6.45, 7) is 0.374. The van der Waals surface area contributed by atoms with Crippen molar-refractivity contribution in [2.45, 2.75) is 6.61 Å². The number of imide groups is 1. The number of halogens is 1. The molecule has 2 aromatic carbocycles. The van der Waals surface area contributed by atoms with Crippen molar-refractivity contribution < 1.29 is 14.3 Å². The van der Waals surface area contributed by atoms with Gasteiger partial charge < -0.3 is 10.1 Å². The lowest BCUT2D eigenvalue weighted by Crippen LogP contribution is -2.22. The van der Waals surface area contributed by atoms with Gasteiger partial charge in [-0.25, -0.2) is 4.79 Å². The van der Waals surface area contributed by atoms with Crippen molar-refractivity contribution in [2.24, 2.45) is 0 Å². The van der Waals surface area contributed by atoms with Gasteiger partial charge in [0.15, 0.2) is 0 Å². The first-order valence-electron chi connectivity index (χ1n) is 6.92. The van der Waals surface area contributed by atoms with E-state index in [0.717, 1.165) is 11.1 Å².